The fourth-order valence-corrected chi connectivity index (χ4v) is 2.52. The topological polar surface area (TPSA) is 46.3 Å². The standard InChI is InChI=1S/C14H20N2O/c1-11-5-3-6-12(9-11)13(17)16-8-4-7-14(16,2)10-15/h3,5-6,9H,4,7-8,10,15H2,1-2H3. The lowest BCUT2D eigenvalue weighted by Crippen LogP contribution is -2.50. The van der Waals surface area contributed by atoms with Crippen molar-refractivity contribution in [1.29, 1.82) is 0 Å². The molecule has 0 spiro atoms. The lowest BCUT2D eigenvalue weighted by atomic mass is 9.98. The van der Waals surface area contributed by atoms with Crippen LogP contribution in [0.4, 0.5) is 0 Å². The Morgan fingerprint density at radius 3 is 2.94 bits per heavy atom. The van der Waals surface area contributed by atoms with Gasteiger partial charge in [-0.3, -0.25) is 4.79 Å². The fourth-order valence-electron chi connectivity index (χ4n) is 2.52. The van der Waals surface area contributed by atoms with Crippen molar-refractivity contribution in [2.24, 2.45) is 5.73 Å². The van der Waals surface area contributed by atoms with Gasteiger partial charge in [-0.25, -0.2) is 0 Å². The Morgan fingerprint density at radius 1 is 1.53 bits per heavy atom. The summed E-state index contributed by atoms with van der Waals surface area (Å²) in [4.78, 5) is 14.4. The first-order valence-electron chi connectivity index (χ1n) is 6.15. The molecule has 1 atom stereocenters. The van der Waals surface area contributed by atoms with Crippen molar-refractivity contribution in [1.82, 2.24) is 4.90 Å². The summed E-state index contributed by atoms with van der Waals surface area (Å²) in [6.07, 6.45) is 2.05. The zero-order valence-corrected chi connectivity index (χ0v) is 10.6. The van der Waals surface area contributed by atoms with Crippen LogP contribution in [-0.2, 0) is 0 Å². The van der Waals surface area contributed by atoms with Crippen molar-refractivity contribution in [2.75, 3.05) is 13.1 Å². The summed E-state index contributed by atoms with van der Waals surface area (Å²) >= 11 is 0. The Kier molecular flexibility index (Phi) is 3.20. The quantitative estimate of drug-likeness (QED) is 0.847. The number of rotatable bonds is 2. The molecule has 0 aromatic heterocycles. The minimum absolute atomic E-state index is 0.110. The molecule has 17 heavy (non-hydrogen) atoms. The van der Waals surface area contributed by atoms with E-state index in [-0.39, 0.29) is 11.4 Å². The highest BCUT2D eigenvalue weighted by Gasteiger charge is 2.38. The number of aryl methyl sites for hydroxylation is 1. The summed E-state index contributed by atoms with van der Waals surface area (Å²) in [7, 11) is 0. The summed E-state index contributed by atoms with van der Waals surface area (Å²) in [6, 6.07) is 7.75. The molecule has 0 aliphatic carbocycles. The van der Waals surface area contributed by atoms with Crippen LogP contribution in [0.25, 0.3) is 0 Å². The highest BCUT2D eigenvalue weighted by molar-refractivity contribution is 5.95. The van der Waals surface area contributed by atoms with Gasteiger partial charge in [0.15, 0.2) is 0 Å². The van der Waals surface area contributed by atoms with E-state index in [1.807, 2.05) is 36.1 Å². The van der Waals surface area contributed by atoms with Gasteiger partial charge < -0.3 is 10.6 Å². The highest BCUT2D eigenvalue weighted by Crippen LogP contribution is 2.29. The van der Waals surface area contributed by atoms with E-state index in [9.17, 15) is 4.79 Å². The fraction of sp³-hybridized carbons (Fsp3) is 0.500. The number of hydrogen-bond donors (Lipinski definition) is 1. The number of nitrogens with two attached hydrogens (primary N) is 1. The van der Waals surface area contributed by atoms with E-state index in [1.54, 1.807) is 0 Å². The molecule has 1 amide bonds. The number of hydrogen-bond acceptors (Lipinski definition) is 2. The first-order valence-corrected chi connectivity index (χ1v) is 6.15. The SMILES string of the molecule is Cc1cccc(C(=O)N2CCCC2(C)CN)c1. The highest BCUT2D eigenvalue weighted by atomic mass is 16.2. The number of benzene rings is 1. The van der Waals surface area contributed by atoms with Crippen LogP contribution in [0.3, 0.4) is 0 Å². The summed E-state index contributed by atoms with van der Waals surface area (Å²) in [6.45, 7) is 5.43. The van der Waals surface area contributed by atoms with Crippen LogP contribution >= 0.6 is 0 Å². The first-order chi connectivity index (χ1) is 8.07. The van der Waals surface area contributed by atoms with E-state index in [0.29, 0.717) is 6.54 Å². The Hall–Kier alpha value is -1.35. The molecule has 1 unspecified atom stereocenters. The number of amides is 1. The largest absolute Gasteiger partial charge is 0.332 e. The van der Waals surface area contributed by atoms with Crippen LogP contribution in [-0.4, -0.2) is 29.4 Å². The lowest BCUT2D eigenvalue weighted by molar-refractivity contribution is 0.0637. The van der Waals surface area contributed by atoms with Gasteiger partial charge in [0, 0.05) is 18.7 Å². The second-order valence-electron chi connectivity index (χ2n) is 5.13. The van der Waals surface area contributed by atoms with Gasteiger partial charge in [-0.2, -0.15) is 0 Å². The maximum Gasteiger partial charge on any atom is 0.254 e. The maximum atomic E-state index is 12.4. The van der Waals surface area contributed by atoms with Crippen molar-refractivity contribution in [3.8, 4) is 0 Å². The summed E-state index contributed by atoms with van der Waals surface area (Å²) < 4.78 is 0. The summed E-state index contributed by atoms with van der Waals surface area (Å²) in [5.41, 5.74) is 7.53. The molecule has 1 aromatic rings. The van der Waals surface area contributed by atoms with Crippen LogP contribution in [0.1, 0.15) is 35.7 Å². The maximum absolute atomic E-state index is 12.4. The Balaban J connectivity index is 2.26. The Morgan fingerprint density at radius 2 is 2.29 bits per heavy atom. The minimum Gasteiger partial charge on any atom is -0.332 e. The molecule has 1 fully saturated rings. The second kappa shape index (κ2) is 4.49. The van der Waals surface area contributed by atoms with Gasteiger partial charge in [0.1, 0.15) is 0 Å². The number of likely N-dealkylation sites (tertiary alicyclic amines) is 1. The molecule has 1 heterocycles. The summed E-state index contributed by atoms with van der Waals surface area (Å²) in [5, 5.41) is 0. The predicted octanol–water partition coefficient (Wildman–Crippen LogP) is 1.95. The van der Waals surface area contributed by atoms with Crippen LogP contribution < -0.4 is 5.73 Å². The molecule has 1 aliphatic rings. The van der Waals surface area contributed by atoms with Gasteiger partial charge in [-0.1, -0.05) is 17.7 Å². The Labute approximate surface area is 103 Å². The van der Waals surface area contributed by atoms with E-state index < -0.39 is 0 Å². The van der Waals surface area contributed by atoms with Crippen molar-refractivity contribution in [3.63, 3.8) is 0 Å². The van der Waals surface area contributed by atoms with Crippen molar-refractivity contribution >= 4 is 5.91 Å². The average Bonchev–Trinajstić information content (AvgIpc) is 2.71. The number of carbonyl (C=O) groups is 1. The lowest BCUT2D eigenvalue weighted by Gasteiger charge is -2.34. The molecule has 0 bridgehead atoms. The molecule has 0 saturated carbocycles. The monoisotopic (exact) mass is 232 g/mol. The zero-order chi connectivity index (χ0) is 12.5. The third-order valence-electron chi connectivity index (χ3n) is 3.70. The molecule has 1 saturated heterocycles. The Bertz CT molecular complexity index is 430. The van der Waals surface area contributed by atoms with Crippen LogP contribution in [0.15, 0.2) is 24.3 Å². The molecular weight excluding hydrogens is 212 g/mol. The van der Waals surface area contributed by atoms with E-state index in [0.717, 1.165) is 30.5 Å². The number of carbonyl (C=O) groups excluding carboxylic acids is 1. The normalized spacial score (nSPS) is 24.1. The molecule has 1 aromatic carbocycles. The zero-order valence-electron chi connectivity index (χ0n) is 10.6. The molecule has 2 N–H and O–H groups in total. The predicted molar refractivity (Wildman–Crippen MR) is 68.9 cm³/mol. The van der Waals surface area contributed by atoms with Gasteiger partial charge in [-0.15, -0.1) is 0 Å². The number of nitrogens with zero attached hydrogens (tertiary/aromatic N) is 1. The molecular formula is C14H20N2O. The molecule has 1 aliphatic heterocycles. The van der Waals surface area contributed by atoms with Crippen molar-refractivity contribution in [3.05, 3.63) is 35.4 Å². The minimum atomic E-state index is -0.166. The summed E-state index contributed by atoms with van der Waals surface area (Å²) in [5.74, 6) is 0.110. The molecule has 3 heteroatoms. The third-order valence-corrected chi connectivity index (χ3v) is 3.70. The van der Waals surface area contributed by atoms with Gasteiger partial charge in [-0.05, 0) is 38.8 Å². The molecule has 3 nitrogen and oxygen atoms in total. The third kappa shape index (κ3) is 2.20. The smallest absolute Gasteiger partial charge is 0.254 e. The average molecular weight is 232 g/mol. The van der Waals surface area contributed by atoms with Gasteiger partial charge >= 0.3 is 0 Å². The molecule has 92 valence electrons. The van der Waals surface area contributed by atoms with Crippen molar-refractivity contribution in [2.45, 2.75) is 32.2 Å². The molecule has 0 radical (unpaired) electrons. The van der Waals surface area contributed by atoms with E-state index >= 15 is 0 Å². The molecule has 2 rings (SSSR count). The first kappa shape index (κ1) is 12.1. The van der Waals surface area contributed by atoms with Crippen molar-refractivity contribution < 1.29 is 4.79 Å². The van der Waals surface area contributed by atoms with Gasteiger partial charge in [0.2, 0.25) is 0 Å². The van der Waals surface area contributed by atoms with Crippen LogP contribution in [0.2, 0.25) is 0 Å². The van der Waals surface area contributed by atoms with E-state index in [4.69, 9.17) is 5.73 Å². The van der Waals surface area contributed by atoms with E-state index in [1.165, 1.54) is 0 Å². The second-order valence-corrected chi connectivity index (χ2v) is 5.13. The van der Waals surface area contributed by atoms with Crippen LogP contribution in [0, 0.1) is 6.92 Å². The van der Waals surface area contributed by atoms with E-state index in [2.05, 4.69) is 6.92 Å². The van der Waals surface area contributed by atoms with Crippen LogP contribution in [0.5, 0.6) is 0 Å². The van der Waals surface area contributed by atoms with Gasteiger partial charge in [0.25, 0.3) is 5.91 Å². The van der Waals surface area contributed by atoms with Gasteiger partial charge in [0.05, 0.1) is 5.54 Å².